The van der Waals surface area contributed by atoms with Gasteiger partial charge < -0.3 is 0 Å². The topological polar surface area (TPSA) is 25.8 Å². The molecule has 0 bridgehead atoms. The minimum absolute atomic E-state index is 1.02. The van der Waals surface area contributed by atoms with Crippen molar-refractivity contribution in [3.8, 4) is 99.2 Å². The number of aromatic nitrogens is 2. The molecular formula is C100H124N2S10. The minimum atomic E-state index is 1.02. The van der Waals surface area contributed by atoms with Gasteiger partial charge in [0.1, 0.15) is 0 Å². The van der Waals surface area contributed by atoms with E-state index in [2.05, 4.69) is 247 Å². The Hall–Kier alpha value is -4.96. The van der Waals surface area contributed by atoms with Gasteiger partial charge in [0, 0.05) is 88.8 Å². The zero-order valence-electron chi connectivity index (χ0n) is 69.7. The Bertz CT molecular complexity index is 4840. The number of rotatable bonds is 46. The fourth-order valence-electron chi connectivity index (χ4n) is 16.6. The van der Waals surface area contributed by atoms with Crippen LogP contribution in [-0.2, 0) is 77.0 Å². The molecule has 0 radical (unpaired) electrons. The van der Waals surface area contributed by atoms with Gasteiger partial charge in [-0.2, -0.15) is 0 Å². The van der Waals surface area contributed by atoms with Crippen LogP contribution in [0.2, 0.25) is 0 Å². The Balaban J connectivity index is 0.877. The summed E-state index contributed by atoms with van der Waals surface area (Å²) in [4.78, 5) is 38.2. The monoisotopic (exact) mass is 1670 g/mol. The van der Waals surface area contributed by atoms with E-state index in [0.29, 0.717) is 0 Å². The fraction of sp³-hybridized carbons (Fsp3) is 0.480. The summed E-state index contributed by atoms with van der Waals surface area (Å²) in [5.41, 5.74) is 23.4. The van der Waals surface area contributed by atoms with Crippen LogP contribution in [0.3, 0.4) is 0 Å². The van der Waals surface area contributed by atoms with Gasteiger partial charge in [-0.15, -0.1) is 113 Å². The molecule has 12 heterocycles. The molecular weight excluding hydrogens is 1550 g/mol. The number of benzene rings is 1. The summed E-state index contributed by atoms with van der Waals surface area (Å²) in [7, 11) is 0. The van der Waals surface area contributed by atoms with Crippen LogP contribution in [-0.4, -0.2) is 9.97 Å². The first-order valence-electron chi connectivity index (χ1n) is 44.0. The van der Waals surface area contributed by atoms with E-state index in [1.54, 1.807) is 55.6 Å². The maximum Gasteiger partial charge on any atom is 0.0972 e. The van der Waals surface area contributed by atoms with Crippen molar-refractivity contribution >= 4 is 135 Å². The first kappa shape index (κ1) is 84.9. The first-order valence-corrected chi connectivity index (χ1v) is 52.3. The third-order valence-electron chi connectivity index (χ3n) is 23.0. The second kappa shape index (κ2) is 41.9. The van der Waals surface area contributed by atoms with Gasteiger partial charge >= 0.3 is 0 Å². The third kappa shape index (κ3) is 19.1. The van der Waals surface area contributed by atoms with Crippen LogP contribution in [0.4, 0.5) is 0 Å². The van der Waals surface area contributed by atoms with Crippen LogP contribution in [0.5, 0.6) is 0 Å². The van der Waals surface area contributed by atoms with E-state index in [1.807, 2.05) is 45.3 Å². The lowest BCUT2D eigenvalue weighted by Crippen LogP contribution is -1.96. The second-order valence-electron chi connectivity index (χ2n) is 31.5. The van der Waals surface area contributed by atoms with Crippen LogP contribution in [0.15, 0.2) is 95.7 Å². The molecule has 0 aliphatic carbocycles. The van der Waals surface area contributed by atoms with E-state index in [1.165, 1.54) is 253 Å². The lowest BCUT2D eigenvalue weighted by Gasteiger charge is -2.11. The van der Waals surface area contributed by atoms with E-state index in [9.17, 15) is 0 Å². The Morgan fingerprint density at radius 2 is 0.393 bits per heavy atom. The van der Waals surface area contributed by atoms with Crippen molar-refractivity contribution in [1.82, 2.24) is 9.97 Å². The quantitative estimate of drug-likeness (QED) is 0.0355. The number of aryl methyl sites for hydroxylation is 2. The van der Waals surface area contributed by atoms with E-state index in [4.69, 9.17) is 9.97 Å². The average molecular weight is 1670 g/mol. The van der Waals surface area contributed by atoms with Crippen molar-refractivity contribution in [2.24, 2.45) is 0 Å². The van der Waals surface area contributed by atoms with Crippen molar-refractivity contribution < 1.29 is 0 Å². The zero-order chi connectivity index (χ0) is 78.0. The van der Waals surface area contributed by atoms with Crippen LogP contribution in [0, 0.1) is 0 Å². The molecule has 0 amide bonds. The van der Waals surface area contributed by atoms with E-state index in [-0.39, 0.29) is 0 Å². The molecule has 594 valence electrons. The van der Waals surface area contributed by atoms with Gasteiger partial charge in [-0.05, 0) is 292 Å². The highest BCUT2D eigenvalue weighted by molar-refractivity contribution is 7.31. The molecule has 112 heavy (non-hydrogen) atoms. The van der Waals surface area contributed by atoms with E-state index >= 15 is 0 Å². The number of fused-ring (bicyclic) bond motifs is 3. The van der Waals surface area contributed by atoms with E-state index < -0.39 is 0 Å². The van der Waals surface area contributed by atoms with Gasteiger partial charge in [0.25, 0.3) is 0 Å². The highest BCUT2D eigenvalue weighted by Crippen LogP contribution is 2.56. The predicted octanol–water partition coefficient (Wildman–Crippen LogP) is 36.2. The number of pyridine rings is 2. The summed E-state index contributed by atoms with van der Waals surface area (Å²) >= 11 is 20.5. The Morgan fingerprint density at radius 1 is 0.196 bits per heavy atom. The molecule has 0 aliphatic rings. The highest BCUT2D eigenvalue weighted by atomic mass is 32.1. The lowest BCUT2D eigenvalue weighted by atomic mass is 9.96. The van der Waals surface area contributed by atoms with Crippen molar-refractivity contribution in [3.63, 3.8) is 0 Å². The number of hydrogen-bond acceptors (Lipinski definition) is 12. The highest BCUT2D eigenvalue weighted by Gasteiger charge is 2.30. The van der Waals surface area contributed by atoms with Crippen LogP contribution < -0.4 is 0 Å². The van der Waals surface area contributed by atoms with Crippen molar-refractivity contribution in [3.05, 3.63) is 162 Å². The van der Waals surface area contributed by atoms with Crippen LogP contribution in [0.25, 0.3) is 121 Å². The molecule has 0 aliphatic heterocycles. The molecule has 0 atom stereocenters. The molecule has 2 nitrogen and oxygen atoms in total. The first-order chi connectivity index (χ1) is 55.1. The molecule has 0 spiro atoms. The molecule has 0 saturated heterocycles. The average Bonchev–Trinajstić information content (AvgIpc) is 1.47. The molecule has 1 aromatic carbocycles. The second-order valence-corrected chi connectivity index (χ2v) is 41.7. The normalized spacial score (nSPS) is 12.0. The largest absolute Gasteiger partial charge is 0.245 e. The number of thiophene rings is 10. The molecule has 13 aromatic rings. The van der Waals surface area contributed by atoms with Crippen LogP contribution in [0.1, 0.15) is 304 Å². The SMILES string of the molecule is CCCCc1csc(-c2ccc(-c3sc(-c4ccc(-c5sc(-c6ccc7ccc8ccc(-c9sc(-c%10ccc(-c%11sc(-c%12ccc(-c%13scc(CCCC)c%13CCCC)s%12)c(CCCC)c%11CCCC)s%10)c(CCCC)c9CCCC)nc8c7n6)c(CCCC)c5CCCC)s4)c(CCCC)c3CCCC)s2)c1CCCC. The van der Waals surface area contributed by atoms with Crippen molar-refractivity contribution in [2.75, 3.05) is 0 Å². The Labute approximate surface area is 714 Å². The molecule has 12 heteroatoms. The summed E-state index contributed by atoms with van der Waals surface area (Å²) in [6.07, 6.45) is 42.7. The molecule has 0 fully saturated rings. The molecule has 0 saturated carbocycles. The van der Waals surface area contributed by atoms with Gasteiger partial charge in [-0.25, -0.2) is 9.97 Å². The Kier molecular flexibility index (Phi) is 31.8. The summed E-state index contributed by atoms with van der Waals surface area (Å²) < 4.78 is 0. The van der Waals surface area contributed by atoms with Crippen LogP contribution >= 0.6 is 113 Å². The van der Waals surface area contributed by atoms with Gasteiger partial charge in [-0.3, -0.25) is 0 Å². The Morgan fingerprint density at radius 3 is 0.634 bits per heavy atom. The zero-order valence-corrected chi connectivity index (χ0v) is 77.8. The predicted molar refractivity (Wildman–Crippen MR) is 514 cm³/mol. The summed E-state index contributed by atoms with van der Waals surface area (Å²) in [6, 6.07) is 34.0. The maximum absolute atomic E-state index is 5.90. The number of nitrogens with zero attached hydrogens (tertiary/aromatic N) is 2. The van der Waals surface area contributed by atoms with Gasteiger partial charge in [0.2, 0.25) is 0 Å². The van der Waals surface area contributed by atoms with Crippen molar-refractivity contribution in [1.29, 1.82) is 0 Å². The standard InChI is InChI=1S/C100H124N2S10/c1-13-25-37-67-63-103-93(69(67)39-27-15-3)81-55-57-85(105-81)97-75(45-33-21-9)77(47-35-23-11)99(111-97)87-61-59-83(107-87)95-73(43-31-19-7)71(41-29-17-5)91(109-95)79-53-51-65-49-50-66-52-54-80(102-90(66)89(65)101-79)92-72(42-30-18-6)74(44-32-20-8)96(110-92)84-60-62-88(108-84)100-78(48-36-24-12)76(46-34-22-10)98(112-100)86-58-56-82(106-86)94-70(40-28-16-4)68(64-104-94)38-26-14-2/h49-64H,13-48H2,1-12H3. The summed E-state index contributed by atoms with van der Waals surface area (Å²) in [6.45, 7) is 28.3. The third-order valence-corrected chi connectivity index (χ3v) is 36.1. The molecule has 0 unspecified atom stereocenters. The van der Waals surface area contributed by atoms with Gasteiger partial charge in [0.05, 0.1) is 32.2 Å². The van der Waals surface area contributed by atoms with Gasteiger partial charge in [0.15, 0.2) is 0 Å². The van der Waals surface area contributed by atoms with Gasteiger partial charge in [-0.1, -0.05) is 184 Å². The van der Waals surface area contributed by atoms with E-state index in [0.717, 1.165) is 110 Å². The minimum Gasteiger partial charge on any atom is -0.245 e. The smallest absolute Gasteiger partial charge is 0.0972 e. The molecule has 12 aromatic heterocycles. The number of unbranched alkanes of at least 4 members (excludes halogenated alkanes) is 12. The van der Waals surface area contributed by atoms with Crippen molar-refractivity contribution in [2.45, 2.75) is 314 Å². The molecule has 13 rings (SSSR count). The summed E-state index contributed by atoms with van der Waals surface area (Å²) in [5.74, 6) is 0. The fourth-order valence-corrected chi connectivity index (χ4v) is 29.6. The lowest BCUT2D eigenvalue weighted by molar-refractivity contribution is 0.763. The maximum atomic E-state index is 5.90. The molecule has 0 N–H and O–H groups in total. The summed E-state index contributed by atoms with van der Waals surface area (Å²) in [5, 5.41) is 7.31. The number of hydrogen-bond donors (Lipinski definition) is 0.